The monoisotopic (exact) mass is 233 g/mol. The van der Waals surface area contributed by atoms with Crippen molar-refractivity contribution in [1.29, 1.82) is 0 Å². The van der Waals surface area contributed by atoms with Crippen molar-refractivity contribution in [1.82, 2.24) is 9.97 Å². The minimum atomic E-state index is 0.741. The summed E-state index contributed by atoms with van der Waals surface area (Å²) in [6, 6.07) is 5.87. The van der Waals surface area contributed by atoms with E-state index in [1.165, 1.54) is 0 Å². The van der Waals surface area contributed by atoms with Crippen molar-refractivity contribution < 1.29 is 0 Å². The SMILES string of the molecule is CNc1nccnc1-c1ccc(C)c(Cl)c1. The molecule has 0 radical (unpaired) electrons. The molecule has 0 aliphatic rings. The van der Waals surface area contributed by atoms with E-state index in [0.717, 1.165) is 27.7 Å². The third-order valence-electron chi connectivity index (χ3n) is 2.38. The molecule has 0 amide bonds. The van der Waals surface area contributed by atoms with Crippen LogP contribution in [0.3, 0.4) is 0 Å². The molecule has 0 atom stereocenters. The number of nitrogens with zero attached hydrogens (tertiary/aromatic N) is 2. The number of aromatic nitrogens is 2. The molecule has 4 heteroatoms. The first-order valence-electron chi connectivity index (χ1n) is 4.97. The van der Waals surface area contributed by atoms with E-state index in [-0.39, 0.29) is 0 Å². The normalized spacial score (nSPS) is 10.2. The fourth-order valence-corrected chi connectivity index (χ4v) is 1.65. The summed E-state index contributed by atoms with van der Waals surface area (Å²) in [7, 11) is 1.82. The van der Waals surface area contributed by atoms with Gasteiger partial charge in [0.25, 0.3) is 0 Å². The van der Waals surface area contributed by atoms with E-state index < -0.39 is 0 Å². The maximum absolute atomic E-state index is 6.09. The van der Waals surface area contributed by atoms with Gasteiger partial charge in [-0.1, -0.05) is 23.7 Å². The Morgan fingerprint density at radius 3 is 2.62 bits per heavy atom. The highest BCUT2D eigenvalue weighted by Crippen LogP contribution is 2.27. The number of hydrogen-bond acceptors (Lipinski definition) is 3. The van der Waals surface area contributed by atoms with E-state index in [2.05, 4.69) is 15.3 Å². The molecule has 3 nitrogen and oxygen atoms in total. The molecule has 1 heterocycles. The van der Waals surface area contributed by atoms with E-state index in [0.29, 0.717) is 0 Å². The highest BCUT2D eigenvalue weighted by Gasteiger charge is 2.07. The molecular weight excluding hydrogens is 222 g/mol. The van der Waals surface area contributed by atoms with Crippen molar-refractivity contribution in [3.8, 4) is 11.3 Å². The zero-order valence-electron chi connectivity index (χ0n) is 9.16. The fourth-order valence-electron chi connectivity index (χ4n) is 1.47. The first-order chi connectivity index (χ1) is 7.72. The van der Waals surface area contributed by atoms with Gasteiger partial charge >= 0.3 is 0 Å². The van der Waals surface area contributed by atoms with Crippen LogP contribution >= 0.6 is 11.6 Å². The summed E-state index contributed by atoms with van der Waals surface area (Å²) < 4.78 is 0. The molecule has 1 N–H and O–H groups in total. The maximum Gasteiger partial charge on any atom is 0.152 e. The lowest BCUT2D eigenvalue weighted by atomic mass is 10.1. The molecule has 0 saturated carbocycles. The average molecular weight is 234 g/mol. The van der Waals surface area contributed by atoms with Gasteiger partial charge < -0.3 is 5.32 Å². The Morgan fingerprint density at radius 1 is 1.19 bits per heavy atom. The molecule has 1 aromatic heterocycles. The van der Waals surface area contributed by atoms with E-state index in [4.69, 9.17) is 11.6 Å². The molecule has 0 aliphatic carbocycles. The summed E-state index contributed by atoms with van der Waals surface area (Å²) in [4.78, 5) is 8.52. The lowest BCUT2D eigenvalue weighted by Gasteiger charge is -2.07. The van der Waals surface area contributed by atoms with Crippen molar-refractivity contribution >= 4 is 17.4 Å². The number of halogens is 1. The van der Waals surface area contributed by atoms with Gasteiger partial charge in [0.1, 0.15) is 5.69 Å². The Hall–Kier alpha value is -1.61. The molecule has 0 fully saturated rings. The quantitative estimate of drug-likeness (QED) is 0.866. The van der Waals surface area contributed by atoms with Gasteiger partial charge in [0.2, 0.25) is 0 Å². The number of anilines is 1. The van der Waals surface area contributed by atoms with Crippen LogP contribution < -0.4 is 5.32 Å². The van der Waals surface area contributed by atoms with Gasteiger partial charge in [-0.05, 0) is 18.6 Å². The molecule has 1 aromatic carbocycles. The lowest BCUT2D eigenvalue weighted by molar-refractivity contribution is 1.19. The maximum atomic E-state index is 6.09. The number of rotatable bonds is 2. The molecule has 0 spiro atoms. The van der Waals surface area contributed by atoms with Crippen LogP contribution in [0.1, 0.15) is 5.56 Å². The third kappa shape index (κ3) is 1.99. The first kappa shape index (κ1) is 10.9. The molecule has 2 aromatic rings. The van der Waals surface area contributed by atoms with E-state index in [1.54, 1.807) is 12.4 Å². The van der Waals surface area contributed by atoms with Crippen molar-refractivity contribution in [2.75, 3.05) is 12.4 Å². The van der Waals surface area contributed by atoms with Crippen molar-refractivity contribution in [3.05, 3.63) is 41.2 Å². The van der Waals surface area contributed by atoms with Crippen molar-refractivity contribution in [2.24, 2.45) is 0 Å². The second-order valence-electron chi connectivity index (χ2n) is 3.47. The van der Waals surface area contributed by atoms with Gasteiger partial charge in [-0.3, -0.25) is 4.98 Å². The van der Waals surface area contributed by atoms with Crippen molar-refractivity contribution in [3.63, 3.8) is 0 Å². The van der Waals surface area contributed by atoms with Gasteiger partial charge in [-0.2, -0.15) is 0 Å². The van der Waals surface area contributed by atoms with E-state index in [9.17, 15) is 0 Å². The van der Waals surface area contributed by atoms with E-state index in [1.807, 2.05) is 32.2 Å². The molecule has 0 bridgehead atoms. The highest BCUT2D eigenvalue weighted by atomic mass is 35.5. The largest absolute Gasteiger partial charge is 0.371 e. The zero-order valence-corrected chi connectivity index (χ0v) is 9.92. The predicted molar refractivity (Wildman–Crippen MR) is 66.8 cm³/mol. The van der Waals surface area contributed by atoms with Crippen LogP contribution in [0.5, 0.6) is 0 Å². The lowest BCUT2D eigenvalue weighted by Crippen LogP contribution is -1.97. The van der Waals surface area contributed by atoms with Gasteiger partial charge in [-0.25, -0.2) is 4.98 Å². The highest BCUT2D eigenvalue weighted by molar-refractivity contribution is 6.31. The van der Waals surface area contributed by atoms with Crippen LogP contribution in [-0.2, 0) is 0 Å². The predicted octanol–water partition coefficient (Wildman–Crippen LogP) is 3.15. The van der Waals surface area contributed by atoms with Gasteiger partial charge in [0, 0.05) is 30.0 Å². The number of benzene rings is 1. The van der Waals surface area contributed by atoms with Crippen molar-refractivity contribution in [2.45, 2.75) is 6.92 Å². The molecule has 0 aliphatic heterocycles. The van der Waals surface area contributed by atoms with Crippen LogP contribution in [-0.4, -0.2) is 17.0 Å². The number of aryl methyl sites for hydroxylation is 1. The number of nitrogens with one attached hydrogen (secondary N) is 1. The topological polar surface area (TPSA) is 37.8 Å². The molecule has 16 heavy (non-hydrogen) atoms. The van der Waals surface area contributed by atoms with Crippen LogP contribution in [0, 0.1) is 6.92 Å². The molecule has 0 unspecified atom stereocenters. The standard InChI is InChI=1S/C12H12ClN3/c1-8-3-4-9(7-10(8)13)11-12(14-2)16-6-5-15-11/h3-7H,1-2H3,(H,14,16). The Kier molecular flexibility index (Phi) is 3.06. The smallest absolute Gasteiger partial charge is 0.152 e. The van der Waals surface area contributed by atoms with Crippen LogP contribution in [0.15, 0.2) is 30.6 Å². The molecule has 2 rings (SSSR count). The summed E-state index contributed by atoms with van der Waals surface area (Å²) in [5.41, 5.74) is 2.83. The zero-order chi connectivity index (χ0) is 11.5. The average Bonchev–Trinajstić information content (AvgIpc) is 2.32. The van der Waals surface area contributed by atoms with Crippen LogP contribution in [0.2, 0.25) is 5.02 Å². The minimum absolute atomic E-state index is 0.741. The Balaban J connectivity index is 2.54. The Labute approximate surface area is 99.5 Å². The van der Waals surface area contributed by atoms with Crippen LogP contribution in [0.4, 0.5) is 5.82 Å². The fraction of sp³-hybridized carbons (Fsp3) is 0.167. The minimum Gasteiger partial charge on any atom is -0.371 e. The second-order valence-corrected chi connectivity index (χ2v) is 3.87. The van der Waals surface area contributed by atoms with Gasteiger partial charge in [0.05, 0.1) is 0 Å². The van der Waals surface area contributed by atoms with Gasteiger partial charge in [0.15, 0.2) is 5.82 Å². The molecule has 82 valence electrons. The summed E-state index contributed by atoms with van der Waals surface area (Å²) in [6.07, 6.45) is 3.33. The Morgan fingerprint density at radius 2 is 1.94 bits per heavy atom. The summed E-state index contributed by atoms with van der Waals surface area (Å²) >= 11 is 6.09. The van der Waals surface area contributed by atoms with Gasteiger partial charge in [-0.15, -0.1) is 0 Å². The van der Waals surface area contributed by atoms with Crippen LogP contribution in [0.25, 0.3) is 11.3 Å². The number of hydrogen-bond donors (Lipinski definition) is 1. The molecular formula is C12H12ClN3. The molecule has 0 saturated heterocycles. The second kappa shape index (κ2) is 4.49. The third-order valence-corrected chi connectivity index (χ3v) is 2.79. The summed E-state index contributed by atoms with van der Waals surface area (Å²) in [5.74, 6) is 0.752. The Bertz CT molecular complexity index is 511. The first-order valence-corrected chi connectivity index (χ1v) is 5.35. The summed E-state index contributed by atoms with van der Waals surface area (Å²) in [5, 5.41) is 3.75. The summed E-state index contributed by atoms with van der Waals surface area (Å²) in [6.45, 7) is 1.97. The van der Waals surface area contributed by atoms with E-state index >= 15 is 0 Å².